The van der Waals surface area contributed by atoms with E-state index in [1.54, 1.807) is 0 Å². The van der Waals surface area contributed by atoms with E-state index >= 15 is 0 Å². The molecule has 2 heterocycles. The van der Waals surface area contributed by atoms with Gasteiger partial charge in [-0.1, -0.05) is 6.08 Å². The summed E-state index contributed by atoms with van der Waals surface area (Å²) in [5, 5.41) is 0. The van der Waals surface area contributed by atoms with Crippen molar-refractivity contribution in [2.75, 3.05) is 6.54 Å². The van der Waals surface area contributed by atoms with Crippen LogP contribution in [-0.2, 0) is 0 Å². The van der Waals surface area contributed by atoms with Gasteiger partial charge in [-0.05, 0) is 18.9 Å². The van der Waals surface area contributed by atoms with E-state index in [4.69, 9.17) is 0 Å². The maximum atomic E-state index is 4.32. The second-order valence-corrected chi connectivity index (χ2v) is 2.65. The molecule has 2 nitrogen and oxygen atoms in total. The van der Waals surface area contributed by atoms with Gasteiger partial charge in [-0.2, -0.15) is 0 Å². The van der Waals surface area contributed by atoms with E-state index in [1.165, 1.54) is 12.8 Å². The molecule has 0 saturated carbocycles. The second-order valence-electron chi connectivity index (χ2n) is 2.65. The van der Waals surface area contributed by atoms with Gasteiger partial charge in [0.1, 0.15) is 5.84 Å². The van der Waals surface area contributed by atoms with Gasteiger partial charge in [0.2, 0.25) is 0 Å². The zero-order valence-electron chi connectivity index (χ0n) is 5.83. The molecular formula is C8H10N2. The largest absolute Gasteiger partial charge is 0.270 e. The van der Waals surface area contributed by atoms with Crippen LogP contribution in [0.3, 0.4) is 0 Å². The fraction of sp³-hybridized carbons (Fsp3) is 0.500. The van der Waals surface area contributed by atoms with Crippen molar-refractivity contribution in [3.05, 3.63) is 12.2 Å². The summed E-state index contributed by atoms with van der Waals surface area (Å²) in [6.45, 7) is 0.969. The van der Waals surface area contributed by atoms with Crippen LogP contribution in [0.4, 0.5) is 0 Å². The SMILES string of the molecule is C1=CC2CCCN=C2N=C1. The van der Waals surface area contributed by atoms with Crippen molar-refractivity contribution in [3.63, 3.8) is 0 Å². The first kappa shape index (κ1) is 5.83. The third-order valence-corrected chi connectivity index (χ3v) is 1.91. The highest BCUT2D eigenvalue weighted by molar-refractivity contribution is 5.98. The molecule has 10 heavy (non-hydrogen) atoms. The number of fused-ring (bicyclic) bond motifs is 1. The Kier molecular flexibility index (Phi) is 1.38. The van der Waals surface area contributed by atoms with Gasteiger partial charge >= 0.3 is 0 Å². The molecule has 0 amide bonds. The van der Waals surface area contributed by atoms with Gasteiger partial charge in [0.05, 0.1) is 0 Å². The molecule has 0 aliphatic carbocycles. The number of dihydropyridines is 1. The quantitative estimate of drug-likeness (QED) is 0.479. The van der Waals surface area contributed by atoms with Crippen molar-refractivity contribution >= 4 is 12.1 Å². The first-order valence-corrected chi connectivity index (χ1v) is 3.72. The van der Waals surface area contributed by atoms with Crippen LogP contribution in [-0.4, -0.2) is 18.6 Å². The Morgan fingerprint density at radius 2 is 2.50 bits per heavy atom. The average molecular weight is 134 g/mol. The summed E-state index contributed by atoms with van der Waals surface area (Å²) in [7, 11) is 0. The van der Waals surface area contributed by atoms with Crippen molar-refractivity contribution in [1.29, 1.82) is 0 Å². The van der Waals surface area contributed by atoms with E-state index in [0.717, 1.165) is 12.4 Å². The predicted molar refractivity (Wildman–Crippen MR) is 42.7 cm³/mol. The van der Waals surface area contributed by atoms with Crippen molar-refractivity contribution in [2.24, 2.45) is 15.9 Å². The number of nitrogens with zero attached hydrogens (tertiary/aromatic N) is 2. The second kappa shape index (κ2) is 2.37. The third kappa shape index (κ3) is 0.897. The maximum absolute atomic E-state index is 4.32. The smallest absolute Gasteiger partial charge is 0.130 e. The number of aliphatic imine (C=N–C) groups is 2. The Balaban J connectivity index is 2.27. The number of hydrogen-bond acceptors (Lipinski definition) is 2. The number of amidine groups is 1. The minimum atomic E-state index is 0.527. The molecule has 2 aliphatic rings. The molecule has 0 radical (unpaired) electrons. The molecule has 0 saturated heterocycles. The van der Waals surface area contributed by atoms with Gasteiger partial charge in [-0.15, -0.1) is 0 Å². The molecule has 0 spiro atoms. The lowest BCUT2D eigenvalue weighted by Gasteiger charge is -2.18. The van der Waals surface area contributed by atoms with Crippen LogP contribution < -0.4 is 0 Å². The van der Waals surface area contributed by atoms with Gasteiger partial charge in [0, 0.05) is 18.7 Å². The summed E-state index contributed by atoms with van der Waals surface area (Å²) in [5.74, 6) is 1.56. The average Bonchev–Trinajstić information content (AvgIpc) is 2.05. The summed E-state index contributed by atoms with van der Waals surface area (Å²) in [6.07, 6.45) is 8.46. The van der Waals surface area contributed by atoms with E-state index < -0.39 is 0 Å². The maximum Gasteiger partial charge on any atom is 0.130 e. The highest BCUT2D eigenvalue weighted by Crippen LogP contribution is 2.18. The number of allylic oxidation sites excluding steroid dienone is 1. The number of rotatable bonds is 0. The van der Waals surface area contributed by atoms with Crippen molar-refractivity contribution in [3.8, 4) is 0 Å². The Labute approximate surface area is 60.4 Å². The fourth-order valence-corrected chi connectivity index (χ4v) is 1.37. The molecule has 2 aliphatic heterocycles. The molecule has 2 rings (SSSR count). The van der Waals surface area contributed by atoms with Crippen LogP contribution in [0.15, 0.2) is 22.1 Å². The van der Waals surface area contributed by atoms with Crippen molar-refractivity contribution in [2.45, 2.75) is 12.8 Å². The minimum Gasteiger partial charge on any atom is -0.270 e. The molecule has 52 valence electrons. The Hall–Kier alpha value is -0.920. The molecule has 0 N–H and O–H groups in total. The molecule has 0 aromatic heterocycles. The van der Waals surface area contributed by atoms with Crippen LogP contribution in [0.2, 0.25) is 0 Å². The molecule has 0 aromatic carbocycles. The third-order valence-electron chi connectivity index (χ3n) is 1.91. The van der Waals surface area contributed by atoms with Crippen LogP contribution in [0, 0.1) is 5.92 Å². The molecule has 2 heteroatoms. The Morgan fingerprint density at radius 3 is 3.40 bits per heavy atom. The molecule has 0 fully saturated rings. The summed E-state index contributed by atoms with van der Waals surface area (Å²) in [5.41, 5.74) is 0. The van der Waals surface area contributed by atoms with Gasteiger partial charge < -0.3 is 0 Å². The Morgan fingerprint density at radius 1 is 1.50 bits per heavy atom. The minimum absolute atomic E-state index is 0.527. The standard InChI is InChI=1S/C8H10N2/c1-3-7-4-2-6-10-8(7)9-5-1/h1,3,5,7H,2,4,6H2. The van der Waals surface area contributed by atoms with Gasteiger partial charge in [-0.25, -0.2) is 4.99 Å². The van der Waals surface area contributed by atoms with E-state index in [0.29, 0.717) is 5.92 Å². The van der Waals surface area contributed by atoms with Crippen LogP contribution in [0.1, 0.15) is 12.8 Å². The Bertz CT molecular complexity index is 213. The first-order chi connectivity index (χ1) is 4.97. The molecule has 0 bridgehead atoms. The highest BCUT2D eigenvalue weighted by Gasteiger charge is 2.16. The zero-order chi connectivity index (χ0) is 6.81. The zero-order valence-corrected chi connectivity index (χ0v) is 5.83. The number of hydrogen-bond donors (Lipinski definition) is 0. The molecule has 0 aromatic rings. The summed E-state index contributed by atoms with van der Waals surface area (Å²) < 4.78 is 0. The lowest BCUT2D eigenvalue weighted by molar-refractivity contribution is 0.645. The lowest BCUT2D eigenvalue weighted by atomic mass is 9.98. The normalized spacial score (nSPS) is 29.6. The molecule has 1 unspecified atom stereocenters. The highest BCUT2D eigenvalue weighted by atomic mass is 14.9. The van der Waals surface area contributed by atoms with E-state index in [-0.39, 0.29) is 0 Å². The summed E-state index contributed by atoms with van der Waals surface area (Å²) in [6, 6.07) is 0. The fourth-order valence-electron chi connectivity index (χ4n) is 1.37. The lowest BCUT2D eigenvalue weighted by Crippen LogP contribution is -2.17. The molecule has 1 atom stereocenters. The van der Waals surface area contributed by atoms with E-state index in [2.05, 4.69) is 16.1 Å². The topological polar surface area (TPSA) is 24.7 Å². The summed E-state index contributed by atoms with van der Waals surface area (Å²) >= 11 is 0. The van der Waals surface area contributed by atoms with Crippen molar-refractivity contribution in [1.82, 2.24) is 0 Å². The van der Waals surface area contributed by atoms with E-state index in [9.17, 15) is 0 Å². The van der Waals surface area contributed by atoms with Crippen LogP contribution in [0.5, 0.6) is 0 Å². The monoisotopic (exact) mass is 134 g/mol. The van der Waals surface area contributed by atoms with Gasteiger partial charge in [0.15, 0.2) is 0 Å². The predicted octanol–water partition coefficient (Wildman–Crippen LogP) is 1.44. The van der Waals surface area contributed by atoms with E-state index in [1.807, 2.05) is 12.3 Å². The summed E-state index contributed by atoms with van der Waals surface area (Å²) in [4.78, 5) is 8.51. The molecular weight excluding hydrogens is 124 g/mol. The van der Waals surface area contributed by atoms with Gasteiger partial charge in [0.25, 0.3) is 0 Å². The van der Waals surface area contributed by atoms with Crippen molar-refractivity contribution < 1.29 is 0 Å². The van der Waals surface area contributed by atoms with Gasteiger partial charge in [-0.3, -0.25) is 4.99 Å². The first-order valence-electron chi connectivity index (χ1n) is 3.72. The van der Waals surface area contributed by atoms with Crippen LogP contribution in [0.25, 0.3) is 0 Å². The van der Waals surface area contributed by atoms with Crippen LogP contribution >= 0.6 is 0 Å².